The monoisotopic (exact) mass is 285 g/mol. The molecule has 19 heavy (non-hydrogen) atoms. The van der Waals surface area contributed by atoms with E-state index in [9.17, 15) is 17.6 Å². The number of carbonyl (C=O) groups is 1. The molecular weight excluding hydrogens is 273 g/mol. The molecule has 1 aromatic carbocycles. The zero-order valence-electron chi connectivity index (χ0n) is 9.91. The second kappa shape index (κ2) is 5.00. The van der Waals surface area contributed by atoms with E-state index in [-0.39, 0.29) is 11.3 Å². The lowest BCUT2D eigenvalue weighted by molar-refractivity contribution is -0.131. The van der Waals surface area contributed by atoms with Gasteiger partial charge in [0, 0.05) is 18.2 Å². The van der Waals surface area contributed by atoms with Gasteiger partial charge in [-0.3, -0.25) is 4.31 Å². The molecule has 1 aromatic rings. The molecule has 0 saturated carbocycles. The molecule has 0 amide bonds. The maximum Gasteiger partial charge on any atom is 0.328 e. The predicted octanol–water partition coefficient (Wildman–Crippen LogP) is 1.46. The highest BCUT2D eigenvalue weighted by atomic mass is 32.2. The number of halogens is 1. The van der Waals surface area contributed by atoms with Crippen LogP contribution in [0.25, 0.3) is 6.08 Å². The van der Waals surface area contributed by atoms with Crippen molar-refractivity contribution in [1.29, 1.82) is 0 Å². The van der Waals surface area contributed by atoms with E-state index in [0.29, 0.717) is 18.7 Å². The Morgan fingerprint density at radius 3 is 2.74 bits per heavy atom. The fraction of sp³-hybridized carbons (Fsp3) is 0.250. The fourth-order valence-corrected chi connectivity index (χ4v) is 3.46. The van der Waals surface area contributed by atoms with Crippen LogP contribution in [0.2, 0.25) is 0 Å². The van der Waals surface area contributed by atoms with Crippen molar-refractivity contribution in [2.24, 2.45) is 0 Å². The van der Waals surface area contributed by atoms with E-state index in [1.54, 1.807) is 0 Å². The Labute approximate surface area is 110 Å². The SMILES string of the molecule is O=C(O)/C=C/c1cc(N2CCCS2(=O)=O)ccc1F. The molecule has 102 valence electrons. The van der Waals surface area contributed by atoms with Gasteiger partial charge < -0.3 is 5.11 Å². The fourth-order valence-electron chi connectivity index (χ4n) is 1.90. The molecule has 0 radical (unpaired) electrons. The number of hydrogen-bond donors (Lipinski definition) is 1. The molecule has 5 nitrogen and oxygen atoms in total. The number of nitrogens with zero attached hydrogens (tertiary/aromatic N) is 1. The first-order valence-electron chi connectivity index (χ1n) is 5.61. The molecule has 0 aromatic heterocycles. The molecule has 0 atom stereocenters. The largest absolute Gasteiger partial charge is 0.478 e. The van der Waals surface area contributed by atoms with Crippen molar-refractivity contribution in [3.05, 3.63) is 35.7 Å². The van der Waals surface area contributed by atoms with Crippen LogP contribution in [0.4, 0.5) is 10.1 Å². The first-order chi connectivity index (χ1) is 8.90. The van der Waals surface area contributed by atoms with E-state index in [1.807, 2.05) is 0 Å². The van der Waals surface area contributed by atoms with E-state index in [4.69, 9.17) is 5.11 Å². The van der Waals surface area contributed by atoms with Crippen LogP contribution in [0.3, 0.4) is 0 Å². The second-order valence-corrected chi connectivity index (χ2v) is 6.13. The standard InChI is InChI=1S/C12H12FNO4S/c13-11-4-3-10(8-9(11)2-5-12(15)16)14-6-1-7-19(14,17)18/h2-5,8H,1,6-7H2,(H,15,16)/b5-2+. The van der Waals surface area contributed by atoms with Crippen LogP contribution >= 0.6 is 0 Å². The van der Waals surface area contributed by atoms with Crippen molar-refractivity contribution < 1.29 is 22.7 Å². The molecule has 0 aliphatic carbocycles. The molecule has 7 heteroatoms. The van der Waals surface area contributed by atoms with Crippen LogP contribution < -0.4 is 4.31 Å². The lowest BCUT2D eigenvalue weighted by atomic mass is 10.1. The van der Waals surface area contributed by atoms with Crippen LogP contribution in [0.15, 0.2) is 24.3 Å². The van der Waals surface area contributed by atoms with Crippen molar-refractivity contribution in [2.45, 2.75) is 6.42 Å². The van der Waals surface area contributed by atoms with Gasteiger partial charge in [0.2, 0.25) is 10.0 Å². The minimum atomic E-state index is -3.33. The summed E-state index contributed by atoms with van der Waals surface area (Å²) in [5.41, 5.74) is 0.394. The highest BCUT2D eigenvalue weighted by Crippen LogP contribution is 2.26. The predicted molar refractivity (Wildman–Crippen MR) is 68.8 cm³/mol. The van der Waals surface area contributed by atoms with Gasteiger partial charge >= 0.3 is 5.97 Å². The summed E-state index contributed by atoms with van der Waals surface area (Å²) in [7, 11) is -3.33. The molecule has 0 unspecified atom stereocenters. The quantitative estimate of drug-likeness (QED) is 0.853. The summed E-state index contributed by atoms with van der Waals surface area (Å²) in [6.07, 6.45) is 2.44. The summed E-state index contributed by atoms with van der Waals surface area (Å²) in [6, 6.07) is 3.83. The molecule has 1 heterocycles. The van der Waals surface area contributed by atoms with Crippen molar-refractivity contribution in [3.63, 3.8) is 0 Å². The topological polar surface area (TPSA) is 74.7 Å². The van der Waals surface area contributed by atoms with Gasteiger partial charge in [0.1, 0.15) is 5.82 Å². The molecule has 1 fully saturated rings. The average molecular weight is 285 g/mol. The minimum absolute atomic E-state index is 0.0435. The number of sulfonamides is 1. The maximum atomic E-state index is 13.5. The zero-order valence-corrected chi connectivity index (χ0v) is 10.7. The Kier molecular flexibility index (Phi) is 3.57. The van der Waals surface area contributed by atoms with Gasteiger partial charge in [0.25, 0.3) is 0 Å². The van der Waals surface area contributed by atoms with Gasteiger partial charge in [-0.15, -0.1) is 0 Å². The van der Waals surface area contributed by atoms with Crippen LogP contribution in [0.5, 0.6) is 0 Å². The van der Waals surface area contributed by atoms with Crippen molar-refractivity contribution >= 4 is 27.8 Å². The molecule has 1 saturated heterocycles. The Morgan fingerprint density at radius 1 is 1.42 bits per heavy atom. The number of carboxylic acid groups (broad SMARTS) is 1. The molecular formula is C12H12FNO4S. The van der Waals surface area contributed by atoms with Crippen molar-refractivity contribution in [3.8, 4) is 0 Å². The Bertz CT molecular complexity index is 639. The summed E-state index contributed by atoms with van der Waals surface area (Å²) in [4.78, 5) is 10.4. The maximum absolute atomic E-state index is 13.5. The lowest BCUT2D eigenvalue weighted by Gasteiger charge is -2.17. The van der Waals surface area contributed by atoms with E-state index in [0.717, 1.165) is 18.2 Å². The van der Waals surface area contributed by atoms with E-state index in [1.165, 1.54) is 16.4 Å². The lowest BCUT2D eigenvalue weighted by Crippen LogP contribution is -2.25. The van der Waals surface area contributed by atoms with Crippen molar-refractivity contribution in [1.82, 2.24) is 0 Å². The van der Waals surface area contributed by atoms with Crippen molar-refractivity contribution in [2.75, 3.05) is 16.6 Å². The summed E-state index contributed by atoms with van der Waals surface area (Å²) >= 11 is 0. The number of rotatable bonds is 3. The smallest absolute Gasteiger partial charge is 0.328 e. The van der Waals surface area contributed by atoms with Crippen LogP contribution in [0.1, 0.15) is 12.0 Å². The third kappa shape index (κ3) is 2.93. The van der Waals surface area contributed by atoms with Crippen LogP contribution in [0, 0.1) is 5.82 Å². The third-order valence-corrected chi connectivity index (χ3v) is 4.64. The molecule has 0 spiro atoms. The third-order valence-electron chi connectivity index (χ3n) is 2.77. The van der Waals surface area contributed by atoms with Gasteiger partial charge in [0.15, 0.2) is 0 Å². The highest BCUT2D eigenvalue weighted by molar-refractivity contribution is 7.93. The Morgan fingerprint density at radius 2 is 2.16 bits per heavy atom. The van der Waals surface area contributed by atoms with Gasteiger partial charge in [-0.25, -0.2) is 17.6 Å². The van der Waals surface area contributed by atoms with E-state index < -0.39 is 21.8 Å². The second-order valence-electron chi connectivity index (χ2n) is 4.12. The number of aliphatic carboxylic acids is 1. The normalized spacial score (nSPS) is 18.1. The molecule has 2 rings (SSSR count). The molecule has 1 aliphatic heterocycles. The van der Waals surface area contributed by atoms with Crippen LogP contribution in [-0.4, -0.2) is 31.8 Å². The molecule has 0 bridgehead atoms. The Hall–Kier alpha value is -1.89. The van der Waals surface area contributed by atoms with Crippen LogP contribution in [-0.2, 0) is 14.8 Å². The minimum Gasteiger partial charge on any atom is -0.478 e. The summed E-state index contributed by atoms with van der Waals surface area (Å²) in [5.74, 6) is -1.72. The van der Waals surface area contributed by atoms with E-state index >= 15 is 0 Å². The number of hydrogen-bond acceptors (Lipinski definition) is 3. The average Bonchev–Trinajstić information content (AvgIpc) is 2.68. The highest BCUT2D eigenvalue weighted by Gasteiger charge is 2.28. The first-order valence-corrected chi connectivity index (χ1v) is 7.22. The molecule has 1 N–H and O–H groups in total. The zero-order chi connectivity index (χ0) is 14.0. The number of anilines is 1. The number of benzene rings is 1. The summed E-state index contributed by atoms with van der Waals surface area (Å²) < 4.78 is 38.2. The first kappa shape index (κ1) is 13.5. The Balaban J connectivity index is 2.39. The van der Waals surface area contributed by atoms with Gasteiger partial charge in [-0.1, -0.05) is 0 Å². The van der Waals surface area contributed by atoms with Gasteiger partial charge in [-0.05, 0) is 30.7 Å². The molecule has 1 aliphatic rings. The van der Waals surface area contributed by atoms with Gasteiger partial charge in [-0.2, -0.15) is 0 Å². The summed E-state index contributed by atoms with van der Waals surface area (Å²) in [5, 5.41) is 8.51. The van der Waals surface area contributed by atoms with E-state index in [2.05, 4.69) is 0 Å². The summed E-state index contributed by atoms with van der Waals surface area (Å²) in [6.45, 7) is 0.357. The van der Waals surface area contributed by atoms with Gasteiger partial charge in [0.05, 0.1) is 11.4 Å². The number of carboxylic acids is 1.